The number of benzene rings is 8. The number of hydrogen-bond acceptors (Lipinski definition) is 2. The lowest BCUT2D eigenvalue weighted by molar-refractivity contribution is 0.677. The summed E-state index contributed by atoms with van der Waals surface area (Å²) in [5.41, 5.74) is 11.0. The number of aromatic nitrogens is 3. The predicted molar refractivity (Wildman–Crippen MR) is 228 cm³/mol. The second kappa shape index (κ2) is 11.2. The summed E-state index contributed by atoms with van der Waals surface area (Å²) in [6.07, 6.45) is 0. The Morgan fingerprint density at radius 2 is 0.911 bits per heavy atom. The summed E-state index contributed by atoms with van der Waals surface area (Å²) >= 11 is 0. The Balaban J connectivity index is 1.15. The van der Waals surface area contributed by atoms with Crippen molar-refractivity contribution in [3.8, 4) is 23.1 Å². The maximum atomic E-state index is 10.8. The molecule has 56 heavy (non-hydrogen) atoms. The van der Waals surface area contributed by atoms with Crippen molar-refractivity contribution in [1.82, 2.24) is 13.7 Å². The highest BCUT2D eigenvalue weighted by Gasteiger charge is 2.24. The van der Waals surface area contributed by atoms with Crippen molar-refractivity contribution in [2.45, 2.75) is 0 Å². The first-order valence-corrected chi connectivity index (χ1v) is 18.5. The molecule has 4 heterocycles. The molecule has 0 unspecified atom stereocenters. The van der Waals surface area contributed by atoms with E-state index in [1.807, 2.05) is 54.6 Å². The van der Waals surface area contributed by atoms with Crippen LogP contribution in [-0.2, 0) is 0 Å². The summed E-state index contributed by atoms with van der Waals surface area (Å²) in [5.74, 6) is 0. The zero-order valence-electron chi connectivity index (χ0n) is 29.7. The molecule has 6 nitrogen and oxygen atoms in total. The molecule has 0 fully saturated rings. The lowest BCUT2D eigenvalue weighted by atomic mass is 10.1. The van der Waals surface area contributed by atoms with Crippen molar-refractivity contribution in [3.05, 3.63) is 181 Å². The maximum Gasteiger partial charge on any atom is 0.212 e. The van der Waals surface area contributed by atoms with E-state index in [4.69, 9.17) is 11.0 Å². The van der Waals surface area contributed by atoms with Gasteiger partial charge >= 0.3 is 0 Å². The number of fused-ring (bicyclic) bond motifs is 14. The van der Waals surface area contributed by atoms with Gasteiger partial charge in [0.15, 0.2) is 0 Å². The van der Waals surface area contributed by atoms with E-state index in [0.29, 0.717) is 22.6 Å². The Morgan fingerprint density at radius 3 is 1.46 bits per heavy atom. The van der Waals surface area contributed by atoms with Crippen LogP contribution in [-0.4, -0.2) is 13.7 Å². The second-order valence-corrected chi connectivity index (χ2v) is 14.3. The van der Waals surface area contributed by atoms with Crippen LogP contribution in [0.1, 0.15) is 5.56 Å². The summed E-state index contributed by atoms with van der Waals surface area (Å²) in [7, 11) is 0. The predicted octanol–water partition coefficient (Wildman–Crippen LogP) is 13.3. The van der Waals surface area contributed by atoms with Gasteiger partial charge in [-0.05, 0) is 72.8 Å². The summed E-state index contributed by atoms with van der Waals surface area (Å²) in [5, 5.41) is 19.3. The number of para-hydroxylation sites is 5. The lowest BCUT2D eigenvalue weighted by Gasteiger charge is -2.15. The van der Waals surface area contributed by atoms with Crippen LogP contribution in [0.5, 0.6) is 0 Å². The molecule has 0 aliphatic heterocycles. The molecule has 258 valence electrons. The zero-order chi connectivity index (χ0) is 37.1. The Kier molecular flexibility index (Phi) is 6.10. The van der Waals surface area contributed by atoms with E-state index in [1.54, 1.807) is 0 Å². The van der Waals surface area contributed by atoms with Gasteiger partial charge in [-0.3, -0.25) is 0 Å². The smallest absolute Gasteiger partial charge is 0.212 e. The molecule has 0 atom stereocenters. The molecular weight excluding hydrogens is 687 g/mol. The molecule has 0 radical (unpaired) electrons. The lowest BCUT2D eigenvalue weighted by Crippen LogP contribution is -2.01. The average Bonchev–Trinajstić information content (AvgIpc) is 3.99. The van der Waals surface area contributed by atoms with Gasteiger partial charge in [0.05, 0.1) is 67.4 Å². The van der Waals surface area contributed by atoms with Crippen LogP contribution < -0.4 is 0 Å². The van der Waals surface area contributed by atoms with Crippen LogP contribution in [0.15, 0.2) is 168 Å². The van der Waals surface area contributed by atoms with Gasteiger partial charge in [0, 0.05) is 38.0 Å². The highest BCUT2D eigenvalue weighted by Crippen LogP contribution is 2.46. The number of hydrogen-bond donors (Lipinski definition) is 0. The molecular formula is C50H27N5O. The Morgan fingerprint density at radius 1 is 0.446 bits per heavy atom. The molecule has 8 aromatic carbocycles. The fourth-order valence-corrected chi connectivity index (χ4v) is 9.20. The molecule has 0 bridgehead atoms. The van der Waals surface area contributed by atoms with Gasteiger partial charge in [-0.1, -0.05) is 91.0 Å². The molecule has 0 N–H and O–H groups in total. The average molecular weight is 714 g/mol. The monoisotopic (exact) mass is 713 g/mol. The van der Waals surface area contributed by atoms with E-state index >= 15 is 0 Å². The first kappa shape index (κ1) is 30.4. The van der Waals surface area contributed by atoms with E-state index in [-0.39, 0.29) is 0 Å². The van der Waals surface area contributed by atoms with Crippen molar-refractivity contribution >= 4 is 93.0 Å². The topological polar surface area (TPSA) is 56.1 Å². The third-order valence-corrected chi connectivity index (χ3v) is 11.5. The quantitative estimate of drug-likeness (QED) is 0.171. The van der Waals surface area contributed by atoms with E-state index in [0.717, 1.165) is 93.0 Å². The summed E-state index contributed by atoms with van der Waals surface area (Å²) in [6.45, 7) is 8.43. The SMILES string of the molecule is [C-]#[N+]c1cc(-n2c3ccccc3c3c4oc5c(ccc6c5c5ccccc5n6-c5ccccc5)c4ccc32)c(C#N)cc1-n1c2ccccc2c2ccccc21. The molecule has 0 spiro atoms. The first-order valence-electron chi connectivity index (χ1n) is 18.5. The fourth-order valence-electron chi connectivity index (χ4n) is 9.20. The van der Waals surface area contributed by atoms with Crippen molar-refractivity contribution in [3.63, 3.8) is 0 Å². The van der Waals surface area contributed by atoms with Gasteiger partial charge in [-0.25, -0.2) is 4.85 Å². The third-order valence-electron chi connectivity index (χ3n) is 11.5. The van der Waals surface area contributed by atoms with Gasteiger partial charge < -0.3 is 18.1 Å². The van der Waals surface area contributed by atoms with Gasteiger partial charge in [0.25, 0.3) is 0 Å². The molecule has 0 saturated carbocycles. The van der Waals surface area contributed by atoms with Crippen LogP contribution in [0.4, 0.5) is 5.69 Å². The fraction of sp³-hybridized carbons (Fsp3) is 0. The number of nitriles is 1. The summed E-state index contributed by atoms with van der Waals surface area (Å²) in [6, 6.07) is 58.6. The van der Waals surface area contributed by atoms with Gasteiger partial charge in [-0.2, -0.15) is 5.26 Å². The Hall–Kier alpha value is -8.06. The molecule has 6 heteroatoms. The highest BCUT2D eigenvalue weighted by atomic mass is 16.3. The Labute approximate surface area is 319 Å². The van der Waals surface area contributed by atoms with Gasteiger partial charge in [0.1, 0.15) is 17.2 Å². The van der Waals surface area contributed by atoms with Crippen molar-refractivity contribution < 1.29 is 4.42 Å². The Bertz CT molecular complexity index is 3680. The standard InChI is InChI=1S/C50H27N5O/c1-52-38-28-45(30(29-51)27-46(38)54-39-19-9-5-15-32(39)33-16-6-10-20-40(33)54)55-42-22-12-8-18-37(42)48-44(55)26-24-35-34-23-25-43-47(49(34)56-50(35)48)36-17-7-11-21-41(36)53(43)31-13-3-2-4-14-31/h2-28H. The number of nitrogens with zero attached hydrogens (tertiary/aromatic N) is 5. The third kappa shape index (κ3) is 3.92. The van der Waals surface area contributed by atoms with Crippen molar-refractivity contribution in [1.29, 1.82) is 5.26 Å². The van der Waals surface area contributed by atoms with Crippen LogP contribution in [0.2, 0.25) is 0 Å². The van der Waals surface area contributed by atoms with E-state index in [9.17, 15) is 5.26 Å². The molecule has 4 aromatic heterocycles. The number of rotatable bonds is 3. The normalized spacial score (nSPS) is 11.9. The second-order valence-electron chi connectivity index (χ2n) is 14.3. The molecule has 0 aliphatic rings. The molecule has 0 aliphatic carbocycles. The summed E-state index contributed by atoms with van der Waals surface area (Å²) in [4.78, 5) is 4.09. The minimum absolute atomic E-state index is 0.457. The van der Waals surface area contributed by atoms with Gasteiger partial charge in [0.2, 0.25) is 5.69 Å². The largest absolute Gasteiger partial charge is 0.455 e. The summed E-state index contributed by atoms with van der Waals surface area (Å²) < 4.78 is 13.6. The molecule has 0 amide bonds. The van der Waals surface area contributed by atoms with Crippen LogP contribution in [0.25, 0.3) is 109 Å². The molecule has 0 saturated heterocycles. The van der Waals surface area contributed by atoms with E-state index in [1.165, 1.54) is 0 Å². The van der Waals surface area contributed by atoms with E-state index in [2.05, 4.69) is 134 Å². The van der Waals surface area contributed by atoms with Gasteiger partial charge in [-0.15, -0.1) is 0 Å². The van der Waals surface area contributed by atoms with E-state index < -0.39 is 0 Å². The molecule has 12 rings (SSSR count). The van der Waals surface area contributed by atoms with Crippen LogP contribution >= 0.6 is 0 Å². The van der Waals surface area contributed by atoms with Crippen molar-refractivity contribution in [2.75, 3.05) is 0 Å². The van der Waals surface area contributed by atoms with Crippen molar-refractivity contribution in [2.24, 2.45) is 0 Å². The first-order chi connectivity index (χ1) is 27.7. The van der Waals surface area contributed by atoms with Crippen LogP contribution in [0, 0.1) is 17.9 Å². The maximum absolute atomic E-state index is 10.8. The highest BCUT2D eigenvalue weighted by molar-refractivity contribution is 6.29. The molecule has 12 aromatic rings. The minimum atomic E-state index is 0.457. The number of furan rings is 1. The van der Waals surface area contributed by atoms with Crippen LogP contribution in [0.3, 0.4) is 0 Å². The minimum Gasteiger partial charge on any atom is -0.455 e. The zero-order valence-corrected chi connectivity index (χ0v) is 29.7.